The van der Waals surface area contributed by atoms with E-state index in [1.807, 2.05) is 19.4 Å². The Kier molecular flexibility index (Phi) is 4.85. The Morgan fingerprint density at radius 1 is 1.05 bits per heavy atom. The van der Waals surface area contributed by atoms with Gasteiger partial charge in [-0.2, -0.15) is 0 Å². The van der Waals surface area contributed by atoms with Crippen molar-refractivity contribution in [3.05, 3.63) is 60.2 Å². The van der Waals surface area contributed by atoms with Crippen LogP contribution in [0, 0.1) is 0 Å². The monoisotopic (exact) mass is 269 g/mol. The van der Waals surface area contributed by atoms with Crippen LogP contribution in [-0.2, 0) is 5.41 Å². The summed E-state index contributed by atoms with van der Waals surface area (Å²) >= 11 is 0. The first-order valence-electron chi connectivity index (χ1n) is 7.26. The van der Waals surface area contributed by atoms with E-state index in [4.69, 9.17) is 0 Å². The van der Waals surface area contributed by atoms with Gasteiger partial charge in [-0.3, -0.25) is 0 Å². The van der Waals surface area contributed by atoms with Crippen LogP contribution in [0.4, 0.5) is 0 Å². The minimum Gasteiger partial charge on any atom is -0.312 e. The average Bonchev–Trinajstić information content (AvgIpc) is 2.54. The zero-order chi connectivity index (χ0) is 14.4. The Bertz CT molecular complexity index is 506. The summed E-state index contributed by atoms with van der Waals surface area (Å²) in [7, 11) is 2.01. The van der Waals surface area contributed by atoms with Crippen LogP contribution in [0.3, 0.4) is 0 Å². The summed E-state index contributed by atoms with van der Waals surface area (Å²) in [6, 6.07) is 11.0. The van der Waals surface area contributed by atoms with E-state index in [1.54, 1.807) is 6.33 Å². The standard InChI is InChI=1S/C17H23N3/c1-4-17(5-2,15-9-7-6-8-10-15)16(18-3)14-11-19-13-20-12-14/h6-13,16,18H,4-5H2,1-3H3. The molecule has 0 aliphatic rings. The summed E-state index contributed by atoms with van der Waals surface area (Å²) < 4.78 is 0. The second-order valence-electron chi connectivity index (χ2n) is 5.12. The maximum Gasteiger partial charge on any atom is 0.115 e. The van der Waals surface area contributed by atoms with Crippen LogP contribution in [0.1, 0.15) is 43.9 Å². The highest BCUT2D eigenvalue weighted by atomic mass is 14.9. The summed E-state index contributed by atoms with van der Waals surface area (Å²) in [6.45, 7) is 4.51. The molecular weight excluding hydrogens is 246 g/mol. The van der Waals surface area contributed by atoms with Crippen LogP contribution in [-0.4, -0.2) is 17.0 Å². The van der Waals surface area contributed by atoms with Crippen molar-refractivity contribution in [1.82, 2.24) is 15.3 Å². The van der Waals surface area contributed by atoms with Crippen molar-refractivity contribution in [2.24, 2.45) is 0 Å². The Morgan fingerprint density at radius 3 is 2.15 bits per heavy atom. The molecule has 3 heteroatoms. The first-order valence-corrected chi connectivity index (χ1v) is 7.26. The summed E-state index contributed by atoms with van der Waals surface area (Å²) in [6.07, 6.45) is 7.54. The fraction of sp³-hybridized carbons (Fsp3) is 0.412. The zero-order valence-electron chi connectivity index (χ0n) is 12.5. The van der Waals surface area contributed by atoms with Crippen LogP contribution in [0.2, 0.25) is 0 Å². The van der Waals surface area contributed by atoms with E-state index in [-0.39, 0.29) is 11.5 Å². The molecule has 106 valence electrons. The molecule has 0 spiro atoms. The first kappa shape index (κ1) is 14.7. The fourth-order valence-electron chi connectivity index (χ4n) is 3.22. The molecule has 1 unspecified atom stereocenters. The van der Waals surface area contributed by atoms with Gasteiger partial charge in [0.2, 0.25) is 0 Å². The van der Waals surface area contributed by atoms with Crippen molar-refractivity contribution in [3.8, 4) is 0 Å². The third kappa shape index (κ3) is 2.59. The van der Waals surface area contributed by atoms with Crippen molar-refractivity contribution in [1.29, 1.82) is 0 Å². The minimum absolute atomic E-state index is 0.0563. The molecule has 2 aromatic rings. The van der Waals surface area contributed by atoms with Crippen LogP contribution >= 0.6 is 0 Å². The molecule has 0 amide bonds. The Balaban J connectivity index is 2.51. The molecule has 0 saturated carbocycles. The number of nitrogens with zero attached hydrogens (tertiary/aromatic N) is 2. The van der Waals surface area contributed by atoms with Crippen molar-refractivity contribution in [3.63, 3.8) is 0 Å². The molecule has 0 aliphatic carbocycles. The summed E-state index contributed by atoms with van der Waals surface area (Å²) in [4.78, 5) is 8.36. The van der Waals surface area contributed by atoms with Crippen molar-refractivity contribution < 1.29 is 0 Å². The number of aromatic nitrogens is 2. The maximum atomic E-state index is 4.18. The average molecular weight is 269 g/mol. The van der Waals surface area contributed by atoms with Crippen LogP contribution < -0.4 is 5.32 Å². The molecule has 1 heterocycles. The molecule has 2 rings (SSSR count). The first-order chi connectivity index (χ1) is 9.78. The van der Waals surface area contributed by atoms with Gasteiger partial charge < -0.3 is 5.32 Å². The van der Waals surface area contributed by atoms with Crippen molar-refractivity contribution in [2.45, 2.75) is 38.1 Å². The van der Waals surface area contributed by atoms with E-state index in [0.29, 0.717) is 0 Å². The molecule has 20 heavy (non-hydrogen) atoms. The van der Waals surface area contributed by atoms with Gasteiger partial charge in [0.1, 0.15) is 6.33 Å². The van der Waals surface area contributed by atoms with E-state index in [0.717, 1.165) is 18.4 Å². The van der Waals surface area contributed by atoms with Gasteiger partial charge in [0.25, 0.3) is 0 Å². The van der Waals surface area contributed by atoms with E-state index < -0.39 is 0 Å². The molecule has 0 bridgehead atoms. The summed E-state index contributed by atoms with van der Waals surface area (Å²) in [5.74, 6) is 0. The SMILES string of the molecule is CCC(CC)(c1ccccc1)C(NC)c1cncnc1. The number of likely N-dealkylation sites (N-methyl/N-ethyl adjacent to an activating group) is 1. The number of hydrogen-bond donors (Lipinski definition) is 1. The number of benzene rings is 1. The number of rotatable bonds is 6. The molecule has 3 nitrogen and oxygen atoms in total. The van der Waals surface area contributed by atoms with Gasteiger partial charge in [0.05, 0.1) is 0 Å². The predicted octanol–water partition coefficient (Wildman–Crippen LogP) is 3.50. The Labute approximate surface area is 121 Å². The van der Waals surface area contributed by atoms with Gasteiger partial charge in [-0.1, -0.05) is 44.2 Å². The van der Waals surface area contributed by atoms with E-state index in [9.17, 15) is 0 Å². The predicted molar refractivity (Wildman–Crippen MR) is 82.5 cm³/mol. The van der Waals surface area contributed by atoms with E-state index >= 15 is 0 Å². The van der Waals surface area contributed by atoms with E-state index in [1.165, 1.54) is 5.56 Å². The van der Waals surface area contributed by atoms with Gasteiger partial charge >= 0.3 is 0 Å². The van der Waals surface area contributed by atoms with Gasteiger partial charge in [-0.15, -0.1) is 0 Å². The molecule has 1 aromatic heterocycles. The highest BCUT2D eigenvalue weighted by Crippen LogP contribution is 2.42. The fourth-order valence-corrected chi connectivity index (χ4v) is 3.22. The molecular formula is C17H23N3. The molecule has 0 fully saturated rings. The normalized spacial score (nSPS) is 13.2. The van der Waals surface area contributed by atoms with Crippen LogP contribution in [0.5, 0.6) is 0 Å². The number of hydrogen-bond acceptors (Lipinski definition) is 3. The molecule has 1 aromatic carbocycles. The second-order valence-corrected chi connectivity index (χ2v) is 5.12. The summed E-state index contributed by atoms with van der Waals surface area (Å²) in [5, 5.41) is 3.48. The lowest BCUT2D eigenvalue weighted by atomic mass is 9.68. The topological polar surface area (TPSA) is 37.8 Å². The Hall–Kier alpha value is -1.74. The summed E-state index contributed by atoms with van der Waals surface area (Å²) in [5.41, 5.74) is 2.57. The Morgan fingerprint density at radius 2 is 1.65 bits per heavy atom. The third-order valence-electron chi connectivity index (χ3n) is 4.37. The smallest absolute Gasteiger partial charge is 0.115 e. The van der Waals surface area contributed by atoms with E-state index in [2.05, 4.69) is 59.5 Å². The third-order valence-corrected chi connectivity index (χ3v) is 4.37. The minimum atomic E-state index is 0.0563. The second kappa shape index (κ2) is 6.62. The van der Waals surface area contributed by atoms with Crippen LogP contribution in [0.15, 0.2) is 49.1 Å². The molecule has 1 N–H and O–H groups in total. The molecule has 0 saturated heterocycles. The lowest BCUT2D eigenvalue weighted by Gasteiger charge is -2.40. The quantitative estimate of drug-likeness (QED) is 0.872. The zero-order valence-corrected chi connectivity index (χ0v) is 12.5. The lowest BCUT2D eigenvalue weighted by Crippen LogP contribution is -2.39. The van der Waals surface area contributed by atoms with Crippen molar-refractivity contribution in [2.75, 3.05) is 7.05 Å². The van der Waals surface area contributed by atoms with Gasteiger partial charge in [-0.05, 0) is 25.5 Å². The van der Waals surface area contributed by atoms with Crippen molar-refractivity contribution >= 4 is 0 Å². The number of nitrogens with one attached hydrogen (secondary N) is 1. The highest BCUT2D eigenvalue weighted by Gasteiger charge is 2.37. The largest absolute Gasteiger partial charge is 0.312 e. The van der Waals surface area contributed by atoms with Gasteiger partial charge in [-0.25, -0.2) is 9.97 Å². The highest BCUT2D eigenvalue weighted by molar-refractivity contribution is 5.31. The molecule has 0 aliphatic heterocycles. The maximum absolute atomic E-state index is 4.18. The molecule has 0 radical (unpaired) electrons. The van der Waals surface area contributed by atoms with Crippen LogP contribution in [0.25, 0.3) is 0 Å². The lowest BCUT2D eigenvalue weighted by molar-refractivity contribution is 0.286. The molecule has 1 atom stereocenters. The van der Waals surface area contributed by atoms with Gasteiger partial charge in [0, 0.05) is 29.4 Å². The van der Waals surface area contributed by atoms with Gasteiger partial charge in [0.15, 0.2) is 0 Å².